The van der Waals surface area contributed by atoms with E-state index in [1.54, 1.807) is 17.6 Å². The third-order valence-corrected chi connectivity index (χ3v) is 4.11. The minimum atomic E-state index is -0.103. The third-order valence-electron chi connectivity index (χ3n) is 3.24. The molecule has 1 aromatic carbocycles. The maximum absolute atomic E-state index is 11.7. The highest BCUT2D eigenvalue weighted by molar-refractivity contribution is 7.10. The van der Waals surface area contributed by atoms with E-state index in [0.29, 0.717) is 6.42 Å². The van der Waals surface area contributed by atoms with E-state index in [2.05, 4.69) is 16.6 Å². The van der Waals surface area contributed by atoms with Gasteiger partial charge in [-0.15, -0.1) is 11.3 Å². The molecule has 5 heteroatoms. The number of aromatic nitrogens is 1. The van der Waals surface area contributed by atoms with Gasteiger partial charge < -0.3 is 4.57 Å². The lowest BCUT2D eigenvalue weighted by atomic mass is 10.2. The number of para-hydroxylation sites is 1. The minimum Gasteiger partial charge on any atom is -0.350 e. The molecule has 21 heavy (non-hydrogen) atoms. The van der Waals surface area contributed by atoms with Crippen LogP contribution < -0.4 is 5.43 Å². The Morgan fingerprint density at radius 3 is 3.00 bits per heavy atom. The smallest absolute Gasteiger partial charge is 0.245 e. The van der Waals surface area contributed by atoms with Gasteiger partial charge in [0.05, 0.1) is 12.6 Å². The first kappa shape index (κ1) is 13.6. The summed E-state index contributed by atoms with van der Waals surface area (Å²) in [5.41, 5.74) is 4.70. The number of amides is 1. The van der Waals surface area contributed by atoms with Crippen molar-refractivity contribution in [1.29, 1.82) is 0 Å². The van der Waals surface area contributed by atoms with E-state index in [-0.39, 0.29) is 5.91 Å². The molecule has 3 rings (SSSR count). The maximum atomic E-state index is 11.7. The highest BCUT2D eigenvalue weighted by Gasteiger charge is 2.04. The fraction of sp³-hybridized carbons (Fsp3) is 0.125. The van der Waals surface area contributed by atoms with E-state index in [1.165, 1.54) is 0 Å². The van der Waals surface area contributed by atoms with E-state index in [9.17, 15) is 4.79 Å². The van der Waals surface area contributed by atoms with Gasteiger partial charge in [-0.2, -0.15) is 5.10 Å². The molecule has 2 aromatic heterocycles. The molecule has 0 saturated carbocycles. The third kappa shape index (κ3) is 3.03. The van der Waals surface area contributed by atoms with Crippen molar-refractivity contribution in [2.75, 3.05) is 0 Å². The fourth-order valence-corrected chi connectivity index (χ4v) is 2.96. The summed E-state index contributed by atoms with van der Waals surface area (Å²) >= 11 is 1.57. The van der Waals surface area contributed by atoms with Crippen molar-refractivity contribution in [3.63, 3.8) is 0 Å². The zero-order valence-electron chi connectivity index (χ0n) is 11.6. The summed E-state index contributed by atoms with van der Waals surface area (Å²) in [6.45, 7) is 0. The molecule has 0 aliphatic carbocycles. The Morgan fingerprint density at radius 1 is 1.33 bits per heavy atom. The van der Waals surface area contributed by atoms with E-state index in [0.717, 1.165) is 21.3 Å². The molecule has 0 atom stereocenters. The van der Waals surface area contributed by atoms with Gasteiger partial charge in [0.1, 0.15) is 0 Å². The van der Waals surface area contributed by atoms with Crippen LogP contribution in [0, 0.1) is 0 Å². The molecule has 0 bridgehead atoms. The van der Waals surface area contributed by atoms with Crippen LogP contribution in [0.25, 0.3) is 10.9 Å². The largest absolute Gasteiger partial charge is 0.350 e. The summed E-state index contributed by atoms with van der Waals surface area (Å²) in [6.07, 6.45) is 4.05. The van der Waals surface area contributed by atoms with E-state index < -0.39 is 0 Å². The second-order valence-electron chi connectivity index (χ2n) is 4.76. The summed E-state index contributed by atoms with van der Waals surface area (Å²) in [5.74, 6) is -0.103. The lowest BCUT2D eigenvalue weighted by molar-refractivity contribution is -0.120. The standard InChI is InChI=1S/C16H15N3OS/c1-19-11-12(14-6-2-3-7-15(14)19)10-17-18-16(20)9-13-5-4-8-21-13/h2-8,10-11H,9H2,1H3,(H,18,20). The molecule has 1 N–H and O–H groups in total. The summed E-state index contributed by atoms with van der Waals surface area (Å²) in [6, 6.07) is 12.0. The van der Waals surface area contributed by atoms with Crippen LogP contribution in [0.1, 0.15) is 10.4 Å². The van der Waals surface area contributed by atoms with Gasteiger partial charge in [-0.05, 0) is 17.5 Å². The fourth-order valence-electron chi connectivity index (χ4n) is 2.26. The molecule has 2 heterocycles. The number of aryl methyl sites for hydroxylation is 1. The summed E-state index contributed by atoms with van der Waals surface area (Å²) in [5, 5.41) is 7.13. The summed E-state index contributed by atoms with van der Waals surface area (Å²) in [4.78, 5) is 12.8. The van der Waals surface area contributed by atoms with Crippen molar-refractivity contribution >= 4 is 34.4 Å². The van der Waals surface area contributed by atoms with Gasteiger partial charge in [0.15, 0.2) is 0 Å². The van der Waals surface area contributed by atoms with Crippen LogP contribution in [-0.2, 0) is 18.3 Å². The Hall–Kier alpha value is -2.40. The van der Waals surface area contributed by atoms with E-state index in [1.807, 2.05) is 53.5 Å². The molecular weight excluding hydrogens is 282 g/mol. The Kier molecular flexibility index (Phi) is 3.83. The zero-order valence-corrected chi connectivity index (χ0v) is 12.4. The predicted octanol–water partition coefficient (Wildman–Crippen LogP) is 2.93. The van der Waals surface area contributed by atoms with Gasteiger partial charge >= 0.3 is 0 Å². The van der Waals surface area contributed by atoms with Crippen LogP contribution in [0.15, 0.2) is 53.1 Å². The lowest BCUT2D eigenvalue weighted by Gasteiger charge is -1.96. The minimum absolute atomic E-state index is 0.103. The molecule has 0 aliphatic heterocycles. The normalized spacial score (nSPS) is 11.3. The average molecular weight is 297 g/mol. The van der Waals surface area contributed by atoms with Crippen molar-refractivity contribution in [2.24, 2.45) is 12.1 Å². The van der Waals surface area contributed by atoms with Crippen LogP contribution in [0.2, 0.25) is 0 Å². The second kappa shape index (κ2) is 5.93. The maximum Gasteiger partial charge on any atom is 0.245 e. The number of thiophene rings is 1. The number of nitrogens with one attached hydrogen (secondary N) is 1. The van der Waals surface area contributed by atoms with Crippen molar-refractivity contribution in [1.82, 2.24) is 9.99 Å². The Labute approximate surface area is 126 Å². The molecule has 0 saturated heterocycles. The molecule has 0 fully saturated rings. The number of carbonyl (C=O) groups excluding carboxylic acids is 1. The van der Waals surface area contributed by atoms with Crippen LogP contribution in [-0.4, -0.2) is 16.7 Å². The second-order valence-corrected chi connectivity index (χ2v) is 5.79. The van der Waals surface area contributed by atoms with Crippen molar-refractivity contribution in [3.05, 3.63) is 58.4 Å². The number of hydrogen-bond acceptors (Lipinski definition) is 3. The van der Waals surface area contributed by atoms with E-state index in [4.69, 9.17) is 0 Å². The predicted molar refractivity (Wildman–Crippen MR) is 86.7 cm³/mol. The average Bonchev–Trinajstić information content (AvgIpc) is 3.09. The number of hydrazone groups is 1. The quantitative estimate of drug-likeness (QED) is 0.584. The first-order valence-corrected chi connectivity index (χ1v) is 7.50. The number of benzene rings is 1. The number of rotatable bonds is 4. The van der Waals surface area contributed by atoms with Gasteiger partial charge in [-0.3, -0.25) is 4.79 Å². The van der Waals surface area contributed by atoms with Gasteiger partial charge in [0, 0.05) is 34.6 Å². The van der Waals surface area contributed by atoms with Crippen molar-refractivity contribution < 1.29 is 4.79 Å². The monoisotopic (exact) mass is 297 g/mol. The van der Waals surface area contributed by atoms with Crippen LogP contribution in [0.5, 0.6) is 0 Å². The summed E-state index contributed by atoms with van der Waals surface area (Å²) < 4.78 is 2.05. The lowest BCUT2D eigenvalue weighted by Crippen LogP contribution is -2.19. The first-order chi connectivity index (χ1) is 10.2. The highest BCUT2D eigenvalue weighted by Crippen LogP contribution is 2.18. The number of fused-ring (bicyclic) bond motifs is 1. The van der Waals surface area contributed by atoms with Crippen LogP contribution in [0.3, 0.4) is 0 Å². The molecule has 0 spiro atoms. The molecule has 106 valence electrons. The Balaban J connectivity index is 1.69. The van der Waals surface area contributed by atoms with Gasteiger partial charge in [0.25, 0.3) is 0 Å². The first-order valence-electron chi connectivity index (χ1n) is 6.62. The molecule has 0 unspecified atom stereocenters. The number of nitrogens with zero attached hydrogens (tertiary/aromatic N) is 2. The zero-order chi connectivity index (χ0) is 14.7. The molecule has 1 amide bonds. The van der Waals surface area contributed by atoms with Crippen molar-refractivity contribution in [2.45, 2.75) is 6.42 Å². The summed E-state index contributed by atoms with van der Waals surface area (Å²) in [7, 11) is 2.00. The van der Waals surface area contributed by atoms with Crippen LogP contribution in [0.4, 0.5) is 0 Å². The van der Waals surface area contributed by atoms with Gasteiger partial charge in [0.2, 0.25) is 5.91 Å². The van der Waals surface area contributed by atoms with Gasteiger partial charge in [-0.25, -0.2) is 5.43 Å². The molecule has 4 nitrogen and oxygen atoms in total. The van der Waals surface area contributed by atoms with E-state index >= 15 is 0 Å². The highest BCUT2D eigenvalue weighted by atomic mass is 32.1. The number of carbonyl (C=O) groups is 1. The molecule has 0 aliphatic rings. The van der Waals surface area contributed by atoms with Gasteiger partial charge in [-0.1, -0.05) is 24.3 Å². The van der Waals surface area contributed by atoms with Crippen LogP contribution >= 0.6 is 11.3 Å². The molecular formula is C16H15N3OS. The number of hydrogen-bond donors (Lipinski definition) is 1. The Bertz CT molecular complexity index is 787. The SMILES string of the molecule is Cn1cc(C=NNC(=O)Cc2cccs2)c2ccccc21. The topological polar surface area (TPSA) is 46.4 Å². The molecule has 3 aromatic rings. The Morgan fingerprint density at radius 2 is 2.19 bits per heavy atom. The van der Waals surface area contributed by atoms with Crippen molar-refractivity contribution in [3.8, 4) is 0 Å². The molecule has 0 radical (unpaired) electrons.